The lowest BCUT2D eigenvalue weighted by atomic mass is 10.1. The molecular formula is C18H17ClFN5OS. The second kappa shape index (κ2) is 8.41. The molecule has 0 aliphatic carbocycles. The maximum Gasteiger partial charge on any atom is 0.230 e. The van der Waals surface area contributed by atoms with Crippen LogP contribution in [-0.2, 0) is 4.79 Å². The Balaban J connectivity index is 1.61. The molecule has 1 aromatic heterocycles. The van der Waals surface area contributed by atoms with E-state index in [1.54, 1.807) is 30.3 Å². The van der Waals surface area contributed by atoms with Crippen LogP contribution >= 0.6 is 23.4 Å². The van der Waals surface area contributed by atoms with Gasteiger partial charge in [0.2, 0.25) is 11.1 Å². The molecule has 0 spiro atoms. The first kappa shape index (κ1) is 19.2. The SMILES string of the molecule is C[C@H](NC(=O)CSc1nnc(-c2ccccc2F)n1N)c1ccc(Cl)cc1. The van der Waals surface area contributed by atoms with Gasteiger partial charge in [-0.2, -0.15) is 0 Å². The average molecular weight is 406 g/mol. The Morgan fingerprint density at radius 2 is 1.96 bits per heavy atom. The molecule has 3 rings (SSSR count). The number of aromatic nitrogens is 3. The molecule has 0 saturated heterocycles. The Morgan fingerprint density at radius 1 is 1.26 bits per heavy atom. The summed E-state index contributed by atoms with van der Waals surface area (Å²) < 4.78 is 15.1. The zero-order chi connectivity index (χ0) is 19.4. The Hall–Kier alpha value is -2.58. The number of hydrogen-bond donors (Lipinski definition) is 2. The highest BCUT2D eigenvalue weighted by molar-refractivity contribution is 7.99. The highest BCUT2D eigenvalue weighted by Gasteiger charge is 2.17. The first-order valence-corrected chi connectivity index (χ1v) is 9.45. The van der Waals surface area contributed by atoms with Crippen molar-refractivity contribution in [1.82, 2.24) is 20.2 Å². The number of carbonyl (C=O) groups excluding carboxylic acids is 1. The monoisotopic (exact) mass is 405 g/mol. The smallest absolute Gasteiger partial charge is 0.230 e. The van der Waals surface area contributed by atoms with Crippen molar-refractivity contribution in [2.24, 2.45) is 0 Å². The van der Waals surface area contributed by atoms with Gasteiger partial charge in [-0.3, -0.25) is 4.79 Å². The van der Waals surface area contributed by atoms with Gasteiger partial charge in [-0.25, -0.2) is 9.07 Å². The van der Waals surface area contributed by atoms with E-state index < -0.39 is 5.82 Å². The number of hydrogen-bond acceptors (Lipinski definition) is 5. The maximum atomic E-state index is 13.9. The molecule has 0 aliphatic rings. The van der Waals surface area contributed by atoms with Gasteiger partial charge in [0.15, 0.2) is 5.82 Å². The van der Waals surface area contributed by atoms with E-state index in [1.807, 2.05) is 19.1 Å². The summed E-state index contributed by atoms with van der Waals surface area (Å²) in [5, 5.41) is 11.7. The first-order chi connectivity index (χ1) is 13.0. The van der Waals surface area contributed by atoms with Crippen molar-refractivity contribution in [3.63, 3.8) is 0 Å². The maximum absolute atomic E-state index is 13.9. The predicted octanol–water partition coefficient (Wildman–Crippen LogP) is 3.42. The van der Waals surface area contributed by atoms with Crippen molar-refractivity contribution >= 4 is 29.3 Å². The van der Waals surface area contributed by atoms with Crippen molar-refractivity contribution in [2.45, 2.75) is 18.1 Å². The van der Waals surface area contributed by atoms with Gasteiger partial charge in [0, 0.05) is 5.02 Å². The van der Waals surface area contributed by atoms with Gasteiger partial charge in [-0.05, 0) is 36.8 Å². The third-order valence-corrected chi connectivity index (χ3v) is 5.05. The minimum Gasteiger partial charge on any atom is -0.349 e. The van der Waals surface area contributed by atoms with Crippen LogP contribution in [0.25, 0.3) is 11.4 Å². The molecule has 1 atom stereocenters. The Morgan fingerprint density at radius 3 is 2.67 bits per heavy atom. The van der Waals surface area contributed by atoms with Crippen LogP contribution in [-0.4, -0.2) is 26.5 Å². The molecular weight excluding hydrogens is 389 g/mol. The standard InChI is InChI=1S/C18H17ClFN5OS/c1-11(12-6-8-13(19)9-7-12)22-16(26)10-27-18-24-23-17(25(18)21)14-4-2-3-5-15(14)20/h2-9,11H,10,21H2,1H3,(H,22,26)/t11-/m0/s1. The molecule has 0 radical (unpaired) electrons. The number of amides is 1. The van der Waals surface area contributed by atoms with Crippen LogP contribution in [0.2, 0.25) is 5.02 Å². The number of halogens is 2. The van der Waals surface area contributed by atoms with Crippen LogP contribution in [0.1, 0.15) is 18.5 Å². The molecule has 140 valence electrons. The molecule has 0 saturated carbocycles. The van der Waals surface area contributed by atoms with Crippen molar-refractivity contribution < 1.29 is 9.18 Å². The molecule has 0 bridgehead atoms. The van der Waals surface area contributed by atoms with E-state index in [1.165, 1.54) is 10.7 Å². The quantitative estimate of drug-likeness (QED) is 0.484. The zero-order valence-corrected chi connectivity index (χ0v) is 16.0. The lowest BCUT2D eigenvalue weighted by Crippen LogP contribution is -2.28. The normalized spacial score (nSPS) is 12.0. The zero-order valence-electron chi connectivity index (χ0n) is 14.4. The summed E-state index contributed by atoms with van der Waals surface area (Å²) in [5.41, 5.74) is 1.20. The van der Waals surface area contributed by atoms with E-state index in [0.29, 0.717) is 10.2 Å². The fourth-order valence-electron chi connectivity index (χ4n) is 2.45. The summed E-state index contributed by atoms with van der Waals surface area (Å²) in [6.07, 6.45) is 0. The lowest BCUT2D eigenvalue weighted by molar-refractivity contribution is -0.119. The summed E-state index contributed by atoms with van der Waals surface area (Å²) in [5.74, 6) is 5.63. The summed E-state index contributed by atoms with van der Waals surface area (Å²) in [4.78, 5) is 12.2. The number of rotatable bonds is 6. The summed E-state index contributed by atoms with van der Waals surface area (Å²) in [7, 11) is 0. The van der Waals surface area contributed by atoms with Gasteiger partial charge in [0.1, 0.15) is 5.82 Å². The Bertz CT molecular complexity index is 947. The minimum atomic E-state index is -0.442. The van der Waals surface area contributed by atoms with Crippen LogP contribution in [0.5, 0.6) is 0 Å². The summed E-state index contributed by atoms with van der Waals surface area (Å²) in [6, 6.07) is 13.3. The molecule has 0 unspecified atom stereocenters. The van der Waals surface area contributed by atoms with E-state index in [0.717, 1.165) is 17.3 Å². The number of nitrogens with one attached hydrogen (secondary N) is 1. The first-order valence-electron chi connectivity index (χ1n) is 8.08. The average Bonchev–Trinajstić information content (AvgIpc) is 3.01. The van der Waals surface area contributed by atoms with Crippen LogP contribution in [0.3, 0.4) is 0 Å². The van der Waals surface area contributed by atoms with Gasteiger partial charge in [0.25, 0.3) is 0 Å². The largest absolute Gasteiger partial charge is 0.349 e. The van der Waals surface area contributed by atoms with Gasteiger partial charge in [-0.1, -0.05) is 47.6 Å². The molecule has 0 aliphatic heterocycles. The van der Waals surface area contributed by atoms with Crippen LogP contribution in [0.15, 0.2) is 53.7 Å². The molecule has 2 aromatic carbocycles. The number of benzene rings is 2. The minimum absolute atomic E-state index is 0.102. The van der Waals surface area contributed by atoms with E-state index in [-0.39, 0.29) is 29.1 Å². The number of nitrogens with two attached hydrogens (primary N) is 1. The molecule has 6 nitrogen and oxygen atoms in total. The number of carbonyl (C=O) groups is 1. The molecule has 27 heavy (non-hydrogen) atoms. The van der Waals surface area contributed by atoms with Gasteiger partial charge < -0.3 is 11.2 Å². The molecule has 0 fully saturated rings. The Labute approximate surface area is 164 Å². The second-order valence-corrected chi connectivity index (χ2v) is 7.16. The summed E-state index contributed by atoms with van der Waals surface area (Å²) in [6.45, 7) is 1.88. The summed E-state index contributed by atoms with van der Waals surface area (Å²) >= 11 is 6.99. The van der Waals surface area contributed by atoms with Crippen molar-refractivity contribution in [2.75, 3.05) is 11.6 Å². The highest BCUT2D eigenvalue weighted by Crippen LogP contribution is 2.24. The van der Waals surface area contributed by atoms with Gasteiger partial charge >= 0.3 is 0 Å². The lowest BCUT2D eigenvalue weighted by Gasteiger charge is -2.14. The van der Waals surface area contributed by atoms with Crippen LogP contribution in [0, 0.1) is 5.82 Å². The van der Waals surface area contributed by atoms with E-state index in [9.17, 15) is 9.18 Å². The van der Waals surface area contributed by atoms with Crippen molar-refractivity contribution in [3.05, 3.63) is 64.9 Å². The molecule has 3 N–H and O–H groups in total. The number of nitrogen functional groups attached to an aromatic ring is 1. The third kappa shape index (κ3) is 4.58. The second-order valence-electron chi connectivity index (χ2n) is 5.79. The van der Waals surface area contributed by atoms with E-state index in [4.69, 9.17) is 17.4 Å². The third-order valence-electron chi connectivity index (χ3n) is 3.86. The molecule has 1 heterocycles. The van der Waals surface area contributed by atoms with Gasteiger partial charge in [-0.15, -0.1) is 10.2 Å². The molecule has 1 amide bonds. The fraction of sp³-hybridized carbons (Fsp3) is 0.167. The Kier molecular flexibility index (Phi) is 5.98. The molecule has 9 heteroatoms. The van der Waals surface area contributed by atoms with E-state index >= 15 is 0 Å². The van der Waals surface area contributed by atoms with Crippen molar-refractivity contribution in [1.29, 1.82) is 0 Å². The molecule has 3 aromatic rings. The highest BCUT2D eigenvalue weighted by atomic mass is 35.5. The number of nitrogens with zero attached hydrogens (tertiary/aromatic N) is 3. The van der Waals surface area contributed by atoms with Gasteiger partial charge in [0.05, 0.1) is 17.4 Å². The number of thioether (sulfide) groups is 1. The predicted molar refractivity (Wildman–Crippen MR) is 104 cm³/mol. The fourth-order valence-corrected chi connectivity index (χ4v) is 3.24. The van der Waals surface area contributed by atoms with Crippen LogP contribution in [0.4, 0.5) is 4.39 Å². The van der Waals surface area contributed by atoms with Crippen LogP contribution < -0.4 is 11.2 Å². The van der Waals surface area contributed by atoms with Crippen molar-refractivity contribution in [3.8, 4) is 11.4 Å². The topological polar surface area (TPSA) is 85.8 Å². The van der Waals surface area contributed by atoms with E-state index in [2.05, 4.69) is 15.5 Å².